The molecule has 0 N–H and O–H groups in total. The fraction of sp³-hybridized carbons (Fsp3) is 0.600. The molecular formula is C15H22N2O4S. The molecule has 0 bridgehead atoms. The maximum atomic E-state index is 12.7. The highest BCUT2D eigenvalue weighted by atomic mass is 32.2. The Bertz CT molecular complexity index is 624. The van der Waals surface area contributed by atoms with Gasteiger partial charge in [-0.15, -0.1) is 0 Å². The number of hydrogen-bond acceptors (Lipinski definition) is 5. The standard InChI is InChI=1S/C15H22N2O4S/c1-2-3-6-16-7-9-17(10-8-16)22(18,19)13-4-5-14-15(11-13)21-12-20-14/h4-5,11H,2-3,6-10,12H2,1H3. The van der Waals surface area contributed by atoms with Gasteiger partial charge in [0.05, 0.1) is 4.90 Å². The van der Waals surface area contributed by atoms with E-state index in [0.29, 0.717) is 24.6 Å². The van der Waals surface area contributed by atoms with Crippen LogP contribution in [0.2, 0.25) is 0 Å². The van der Waals surface area contributed by atoms with Crippen molar-refractivity contribution in [3.63, 3.8) is 0 Å². The van der Waals surface area contributed by atoms with Crippen molar-refractivity contribution in [3.8, 4) is 11.5 Å². The molecule has 0 aromatic heterocycles. The molecule has 22 heavy (non-hydrogen) atoms. The van der Waals surface area contributed by atoms with Crippen molar-refractivity contribution in [1.82, 2.24) is 9.21 Å². The third-order valence-electron chi connectivity index (χ3n) is 4.14. The lowest BCUT2D eigenvalue weighted by Crippen LogP contribution is -2.48. The molecule has 2 aliphatic heterocycles. The van der Waals surface area contributed by atoms with E-state index in [0.717, 1.165) is 32.5 Å². The molecule has 0 saturated carbocycles. The van der Waals surface area contributed by atoms with Crippen LogP contribution in [0.25, 0.3) is 0 Å². The lowest BCUT2D eigenvalue weighted by molar-refractivity contribution is 0.174. The smallest absolute Gasteiger partial charge is 0.243 e. The summed E-state index contributed by atoms with van der Waals surface area (Å²) in [5.41, 5.74) is 0. The van der Waals surface area contributed by atoms with E-state index in [1.165, 1.54) is 0 Å². The molecule has 1 saturated heterocycles. The lowest BCUT2D eigenvalue weighted by atomic mass is 10.3. The van der Waals surface area contributed by atoms with E-state index >= 15 is 0 Å². The Hall–Kier alpha value is -1.31. The zero-order chi connectivity index (χ0) is 15.6. The summed E-state index contributed by atoms with van der Waals surface area (Å²) in [5.74, 6) is 1.10. The molecular weight excluding hydrogens is 304 g/mol. The van der Waals surface area contributed by atoms with Crippen LogP contribution in [0.4, 0.5) is 0 Å². The average Bonchev–Trinajstić information content (AvgIpc) is 3.01. The monoisotopic (exact) mass is 326 g/mol. The normalized spacial score (nSPS) is 19.5. The van der Waals surface area contributed by atoms with Crippen LogP contribution in [0.5, 0.6) is 11.5 Å². The maximum absolute atomic E-state index is 12.7. The topological polar surface area (TPSA) is 59.1 Å². The Balaban J connectivity index is 1.69. The van der Waals surface area contributed by atoms with Gasteiger partial charge in [-0.25, -0.2) is 8.42 Å². The number of hydrogen-bond donors (Lipinski definition) is 0. The van der Waals surface area contributed by atoms with Gasteiger partial charge in [0, 0.05) is 32.2 Å². The SMILES string of the molecule is CCCCN1CCN(S(=O)(=O)c2ccc3c(c2)OCO3)CC1. The highest BCUT2D eigenvalue weighted by molar-refractivity contribution is 7.89. The highest BCUT2D eigenvalue weighted by Crippen LogP contribution is 2.34. The molecule has 3 rings (SSSR count). The molecule has 1 aromatic rings. The number of benzene rings is 1. The van der Waals surface area contributed by atoms with E-state index in [1.54, 1.807) is 22.5 Å². The zero-order valence-corrected chi connectivity index (χ0v) is 13.6. The van der Waals surface area contributed by atoms with Crippen molar-refractivity contribution in [2.75, 3.05) is 39.5 Å². The molecule has 1 fully saturated rings. The lowest BCUT2D eigenvalue weighted by Gasteiger charge is -2.33. The van der Waals surface area contributed by atoms with Gasteiger partial charge < -0.3 is 14.4 Å². The first-order chi connectivity index (χ1) is 10.6. The van der Waals surface area contributed by atoms with Crippen LogP contribution >= 0.6 is 0 Å². The molecule has 0 spiro atoms. The zero-order valence-electron chi connectivity index (χ0n) is 12.8. The third-order valence-corrected chi connectivity index (χ3v) is 6.04. The van der Waals surface area contributed by atoms with Crippen molar-refractivity contribution < 1.29 is 17.9 Å². The first-order valence-electron chi connectivity index (χ1n) is 7.73. The molecule has 1 aromatic carbocycles. The third kappa shape index (κ3) is 3.06. The minimum atomic E-state index is -3.46. The fourth-order valence-corrected chi connectivity index (χ4v) is 4.20. The molecule has 0 atom stereocenters. The number of nitrogens with zero attached hydrogens (tertiary/aromatic N) is 2. The number of fused-ring (bicyclic) bond motifs is 1. The minimum absolute atomic E-state index is 0.148. The van der Waals surface area contributed by atoms with Gasteiger partial charge in [-0.2, -0.15) is 4.31 Å². The number of sulfonamides is 1. The summed E-state index contributed by atoms with van der Waals surface area (Å²) < 4.78 is 37.5. The summed E-state index contributed by atoms with van der Waals surface area (Å²) in [4.78, 5) is 2.61. The van der Waals surface area contributed by atoms with Gasteiger partial charge in [-0.3, -0.25) is 0 Å². The fourth-order valence-electron chi connectivity index (χ4n) is 2.76. The van der Waals surface area contributed by atoms with Gasteiger partial charge in [0.15, 0.2) is 11.5 Å². The van der Waals surface area contributed by atoms with Gasteiger partial charge in [0.1, 0.15) is 0 Å². The minimum Gasteiger partial charge on any atom is -0.454 e. The van der Waals surface area contributed by atoms with E-state index < -0.39 is 10.0 Å². The Morgan fingerprint density at radius 1 is 1.09 bits per heavy atom. The van der Waals surface area contributed by atoms with Crippen LogP contribution in [0.15, 0.2) is 23.1 Å². The van der Waals surface area contributed by atoms with Gasteiger partial charge >= 0.3 is 0 Å². The summed E-state index contributed by atoms with van der Waals surface area (Å²) >= 11 is 0. The maximum Gasteiger partial charge on any atom is 0.243 e. The van der Waals surface area contributed by atoms with Crippen LogP contribution in [0.3, 0.4) is 0 Å². The average molecular weight is 326 g/mol. The Kier molecular flexibility index (Phi) is 4.56. The van der Waals surface area contributed by atoms with E-state index in [1.807, 2.05) is 0 Å². The summed E-state index contributed by atoms with van der Waals surface area (Å²) in [6.07, 6.45) is 2.32. The Morgan fingerprint density at radius 3 is 2.55 bits per heavy atom. The van der Waals surface area contributed by atoms with Crippen LogP contribution < -0.4 is 9.47 Å². The van der Waals surface area contributed by atoms with Gasteiger partial charge in [0.25, 0.3) is 0 Å². The molecule has 2 aliphatic rings. The largest absolute Gasteiger partial charge is 0.454 e. The molecule has 6 nitrogen and oxygen atoms in total. The number of piperazine rings is 1. The van der Waals surface area contributed by atoms with Gasteiger partial charge in [-0.05, 0) is 25.1 Å². The van der Waals surface area contributed by atoms with E-state index in [2.05, 4.69) is 11.8 Å². The predicted octanol–water partition coefficient (Wildman–Crippen LogP) is 1.52. The second-order valence-electron chi connectivity index (χ2n) is 5.61. The summed E-state index contributed by atoms with van der Waals surface area (Å²) in [6.45, 7) is 6.04. The quantitative estimate of drug-likeness (QED) is 0.821. The van der Waals surface area contributed by atoms with Crippen molar-refractivity contribution in [3.05, 3.63) is 18.2 Å². The Morgan fingerprint density at radius 2 is 1.82 bits per heavy atom. The molecule has 0 unspecified atom stereocenters. The van der Waals surface area contributed by atoms with Crippen molar-refractivity contribution >= 4 is 10.0 Å². The van der Waals surface area contributed by atoms with Gasteiger partial charge in [0.2, 0.25) is 16.8 Å². The number of unbranched alkanes of at least 4 members (excludes halogenated alkanes) is 1. The van der Waals surface area contributed by atoms with Crippen molar-refractivity contribution in [2.45, 2.75) is 24.7 Å². The molecule has 122 valence electrons. The number of rotatable bonds is 5. The van der Waals surface area contributed by atoms with E-state index in [4.69, 9.17) is 9.47 Å². The van der Waals surface area contributed by atoms with Gasteiger partial charge in [-0.1, -0.05) is 13.3 Å². The van der Waals surface area contributed by atoms with Crippen molar-refractivity contribution in [1.29, 1.82) is 0 Å². The first kappa shape index (κ1) is 15.6. The van der Waals surface area contributed by atoms with Crippen LogP contribution in [-0.2, 0) is 10.0 Å². The van der Waals surface area contributed by atoms with Crippen LogP contribution in [0.1, 0.15) is 19.8 Å². The Labute approximate surface area is 131 Å². The van der Waals surface area contributed by atoms with E-state index in [-0.39, 0.29) is 11.7 Å². The first-order valence-corrected chi connectivity index (χ1v) is 9.17. The molecule has 0 aliphatic carbocycles. The van der Waals surface area contributed by atoms with Crippen molar-refractivity contribution in [2.24, 2.45) is 0 Å². The number of ether oxygens (including phenoxy) is 2. The molecule has 0 amide bonds. The summed E-state index contributed by atoms with van der Waals surface area (Å²) in [5, 5.41) is 0. The molecule has 7 heteroatoms. The van der Waals surface area contributed by atoms with Crippen LogP contribution in [-0.4, -0.2) is 57.1 Å². The predicted molar refractivity (Wildman–Crippen MR) is 82.7 cm³/mol. The second-order valence-corrected chi connectivity index (χ2v) is 7.55. The van der Waals surface area contributed by atoms with Crippen LogP contribution in [0, 0.1) is 0 Å². The van der Waals surface area contributed by atoms with E-state index in [9.17, 15) is 8.42 Å². The molecule has 2 heterocycles. The summed E-state index contributed by atoms with van der Waals surface area (Å²) in [6, 6.07) is 4.81. The second kappa shape index (κ2) is 6.44. The summed E-state index contributed by atoms with van der Waals surface area (Å²) in [7, 11) is -3.46. The highest BCUT2D eigenvalue weighted by Gasteiger charge is 2.29. The molecule has 0 radical (unpaired) electrons.